The number of ether oxygens (including phenoxy) is 1. The number of carbonyl (C=O) groups excluding carboxylic acids is 2. The molecule has 0 atom stereocenters. The lowest BCUT2D eigenvalue weighted by atomic mass is 10.0. The van der Waals surface area contributed by atoms with Gasteiger partial charge in [0, 0.05) is 21.7 Å². The van der Waals surface area contributed by atoms with Crippen molar-refractivity contribution in [3.63, 3.8) is 0 Å². The van der Waals surface area contributed by atoms with Crippen molar-refractivity contribution in [2.75, 3.05) is 7.11 Å². The number of ketones is 1. The first-order valence-corrected chi connectivity index (χ1v) is 11.7. The number of pyridine rings is 1. The average Bonchev–Trinajstić information content (AvgIpc) is 3.12. The molecule has 0 N–H and O–H groups in total. The molecule has 2 aromatic carbocycles. The first-order valence-electron chi connectivity index (χ1n) is 9.92. The van der Waals surface area contributed by atoms with Gasteiger partial charge in [0.15, 0.2) is 0 Å². The van der Waals surface area contributed by atoms with Crippen LogP contribution in [-0.2, 0) is 26.0 Å². The predicted octanol–water partition coefficient (Wildman–Crippen LogP) is 4.18. The summed E-state index contributed by atoms with van der Waals surface area (Å²) in [7, 11) is -3.00. The first kappa shape index (κ1) is 22.7. The highest BCUT2D eigenvalue weighted by Crippen LogP contribution is 2.34. The number of esters is 1. The second-order valence-corrected chi connectivity index (χ2v) is 9.54. The molecular formula is C24H19ClN2O5S. The van der Waals surface area contributed by atoms with Gasteiger partial charge in [0.05, 0.1) is 23.9 Å². The Morgan fingerprint density at radius 3 is 2.42 bits per heavy atom. The van der Waals surface area contributed by atoms with Crippen LogP contribution in [0, 0.1) is 6.92 Å². The van der Waals surface area contributed by atoms with Crippen molar-refractivity contribution in [3.8, 4) is 0 Å². The molecule has 0 saturated carbocycles. The van der Waals surface area contributed by atoms with Gasteiger partial charge in [-0.2, -0.15) is 0 Å². The van der Waals surface area contributed by atoms with E-state index in [1.807, 2.05) is 0 Å². The summed E-state index contributed by atoms with van der Waals surface area (Å²) < 4.78 is 33.3. The van der Waals surface area contributed by atoms with Crippen LogP contribution in [0.5, 0.6) is 0 Å². The molecule has 0 aliphatic rings. The third-order valence-corrected chi connectivity index (χ3v) is 7.12. The fourth-order valence-corrected chi connectivity index (χ4v) is 5.40. The van der Waals surface area contributed by atoms with Crippen LogP contribution in [0.15, 0.2) is 71.6 Å². The molecule has 33 heavy (non-hydrogen) atoms. The van der Waals surface area contributed by atoms with Crippen LogP contribution in [-0.4, -0.2) is 36.2 Å². The molecule has 2 aromatic heterocycles. The van der Waals surface area contributed by atoms with Crippen LogP contribution in [0.4, 0.5) is 0 Å². The summed E-state index contributed by atoms with van der Waals surface area (Å²) in [5.74, 6) is -1.26. The number of methoxy groups -OCH3 is 1. The quantitative estimate of drug-likeness (QED) is 0.302. The van der Waals surface area contributed by atoms with Gasteiger partial charge in [-0.15, -0.1) is 0 Å². The molecule has 9 heteroatoms. The molecule has 2 heterocycles. The smallest absolute Gasteiger partial charge is 0.310 e. The Kier molecular flexibility index (Phi) is 6.05. The van der Waals surface area contributed by atoms with Crippen LogP contribution < -0.4 is 0 Å². The lowest BCUT2D eigenvalue weighted by molar-refractivity contribution is -0.139. The maximum Gasteiger partial charge on any atom is 0.310 e. The molecule has 0 amide bonds. The SMILES string of the molecule is COC(=O)Cc1c(C(=O)c2cccc(C)n2)n(S(=O)(=O)c2ccccc2)c2ccc(Cl)cc12. The normalized spacial score (nSPS) is 11.5. The van der Waals surface area contributed by atoms with Crippen LogP contribution >= 0.6 is 11.6 Å². The summed E-state index contributed by atoms with van der Waals surface area (Å²) >= 11 is 6.20. The molecule has 0 aliphatic carbocycles. The van der Waals surface area contributed by atoms with Gasteiger partial charge in [0.25, 0.3) is 10.0 Å². The van der Waals surface area contributed by atoms with E-state index in [0.29, 0.717) is 16.1 Å². The lowest BCUT2D eigenvalue weighted by Gasteiger charge is -2.12. The van der Waals surface area contributed by atoms with Crippen LogP contribution in [0.3, 0.4) is 0 Å². The average molecular weight is 483 g/mol. The number of benzene rings is 2. The van der Waals surface area contributed by atoms with E-state index in [0.717, 1.165) is 3.97 Å². The Morgan fingerprint density at radius 2 is 1.76 bits per heavy atom. The van der Waals surface area contributed by atoms with Crippen molar-refractivity contribution in [1.29, 1.82) is 0 Å². The minimum Gasteiger partial charge on any atom is -0.469 e. The Bertz CT molecular complexity index is 1490. The Labute approximate surface area is 195 Å². The topological polar surface area (TPSA) is 95.3 Å². The maximum atomic E-state index is 13.8. The van der Waals surface area contributed by atoms with Gasteiger partial charge in [-0.1, -0.05) is 35.9 Å². The summed E-state index contributed by atoms with van der Waals surface area (Å²) in [5.41, 5.74) is 0.886. The molecule has 0 unspecified atom stereocenters. The molecule has 168 valence electrons. The number of carbonyl (C=O) groups is 2. The Morgan fingerprint density at radius 1 is 1.03 bits per heavy atom. The van der Waals surface area contributed by atoms with Crippen molar-refractivity contribution in [3.05, 3.63) is 94.4 Å². The summed E-state index contributed by atoms with van der Waals surface area (Å²) in [5, 5.41) is 0.693. The zero-order valence-corrected chi connectivity index (χ0v) is 19.4. The van der Waals surface area contributed by atoms with Gasteiger partial charge >= 0.3 is 5.97 Å². The van der Waals surface area contributed by atoms with Gasteiger partial charge < -0.3 is 4.74 Å². The van der Waals surface area contributed by atoms with Crippen molar-refractivity contribution in [2.45, 2.75) is 18.2 Å². The predicted molar refractivity (Wildman–Crippen MR) is 124 cm³/mol. The maximum absolute atomic E-state index is 13.8. The molecule has 0 spiro atoms. The second-order valence-electron chi connectivity index (χ2n) is 7.32. The van der Waals surface area contributed by atoms with Gasteiger partial charge in [0.2, 0.25) is 5.78 Å². The zero-order valence-electron chi connectivity index (χ0n) is 17.8. The number of fused-ring (bicyclic) bond motifs is 1. The van der Waals surface area contributed by atoms with E-state index >= 15 is 0 Å². The molecule has 4 aromatic rings. The first-order chi connectivity index (χ1) is 15.7. The van der Waals surface area contributed by atoms with E-state index < -0.39 is 21.8 Å². The number of nitrogens with zero attached hydrogens (tertiary/aromatic N) is 2. The van der Waals surface area contributed by atoms with Crippen molar-refractivity contribution in [2.24, 2.45) is 0 Å². The number of rotatable bonds is 6. The van der Waals surface area contributed by atoms with Gasteiger partial charge in [-0.25, -0.2) is 17.4 Å². The number of hydrogen-bond acceptors (Lipinski definition) is 6. The van der Waals surface area contributed by atoms with Crippen molar-refractivity contribution < 1.29 is 22.7 Å². The lowest BCUT2D eigenvalue weighted by Crippen LogP contribution is -2.21. The molecule has 7 nitrogen and oxygen atoms in total. The highest BCUT2D eigenvalue weighted by molar-refractivity contribution is 7.90. The molecule has 0 saturated heterocycles. The number of aryl methyl sites for hydroxylation is 1. The number of halogens is 1. The molecular weight excluding hydrogens is 464 g/mol. The molecule has 0 fully saturated rings. The molecule has 0 radical (unpaired) electrons. The second kappa shape index (κ2) is 8.80. The Balaban J connectivity index is 2.13. The fraction of sp³-hybridized carbons (Fsp3) is 0.125. The highest BCUT2D eigenvalue weighted by atomic mass is 35.5. The van der Waals surface area contributed by atoms with Crippen molar-refractivity contribution >= 4 is 44.3 Å². The third kappa shape index (κ3) is 4.15. The van der Waals surface area contributed by atoms with E-state index in [1.54, 1.807) is 37.3 Å². The minimum atomic E-state index is -4.22. The number of hydrogen-bond donors (Lipinski definition) is 0. The van der Waals surface area contributed by atoms with Crippen LogP contribution in [0.25, 0.3) is 10.9 Å². The minimum absolute atomic E-state index is 0.00674. The molecule has 0 aliphatic heterocycles. The van der Waals surface area contributed by atoms with E-state index in [-0.39, 0.29) is 33.8 Å². The van der Waals surface area contributed by atoms with Gasteiger partial charge in [0.1, 0.15) is 11.4 Å². The van der Waals surface area contributed by atoms with E-state index in [1.165, 1.54) is 43.5 Å². The summed E-state index contributed by atoms with van der Waals surface area (Å²) in [6.07, 6.45) is -0.322. The van der Waals surface area contributed by atoms with E-state index in [9.17, 15) is 18.0 Å². The summed E-state index contributed by atoms with van der Waals surface area (Å²) in [6, 6.07) is 17.2. The monoisotopic (exact) mass is 482 g/mol. The molecule has 0 bridgehead atoms. The van der Waals surface area contributed by atoms with Gasteiger partial charge in [-0.3, -0.25) is 9.59 Å². The van der Waals surface area contributed by atoms with Crippen molar-refractivity contribution in [1.82, 2.24) is 8.96 Å². The van der Waals surface area contributed by atoms with E-state index in [2.05, 4.69) is 4.98 Å². The fourth-order valence-electron chi connectivity index (χ4n) is 3.66. The van der Waals surface area contributed by atoms with Crippen LogP contribution in [0.1, 0.15) is 27.4 Å². The standard InChI is InChI=1S/C24H19ClN2O5S/c1-15-7-6-10-20(26-15)24(29)23-19(14-22(28)32-2)18-13-16(25)11-12-21(18)27(23)33(30,31)17-8-4-3-5-9-17/h3-13H,14H2,1-2H3. The highest BCUT2D eigenvalue weighted by Gasteiger charge is 2.32. The summed E-state index contributed by atoms with van der Waals surface area (Å²) in [6.45, 7) is 1.72. The third-order valence-electron chi connectivity index (χ3n) is 5.16. The number of aromatic nitrogens is 2. The largest absolute Gasteiger partial charge is 0.469 e. The van der Waals surface area contributed by atoms with Gasteiger partial charge in [-0.05, 0) is 49.4 Å². The van der Waals surface area contributed by atoms with Crippen LogP contribution in [0.2, 0.25) is 5.02 Å². The summed E-state index contributed by atoms with van der Waals surface area (Å²) in [4.78, 5) is 30.2. The zero-order chi connectivity index (χ0) is 23.8. The Hall–Kier alpha value is -3.49. The van der Waals surface area contributed by atoms with E-state index in [4.69, 9.17) is 16.3 Å². The molecule has 4 rings (SSSR count).